The van der Waals surface area contributed by atoms with Gasteiger partial charge >= 0.3 is 0 Å². The van der Waals surface area contributed by atoms with Crippen LogP contribution in [0.15, 0.2) is 40.9 Å². The van der Waals surface area contributed by atoms with E-state index in [4.69, 9.17) is 22.1 Å². The zero-order valence-corrected chi connectivity index (χ0v) is 13.2. The van der Waals surface area contributed by atoms with Crippen LogP contribution in [0.2, 0.25) is 5.02 Å². The SMILES string of the molecule is CC(N)Cc1cc(Cl)ccc1Oc1ccc(F)c(Br)c1. The Morgan fingerprint density at radius 3 is 2.70 bits per heavy atom. The minimum atomic E-state index is -0.329. The van der Waals surface area contributed by atoms with Gasteiger partial charge in [0.25, 0.3) is 0 Å². The summed E-state index contributed by atoms with van der Waals surface area (Å²) in [5.41, 5.74) is 6.75. The molecule has 0 aliphatic rings. The summed E-state index contributed by atoms with van der Waals surface area (Å²) in [5, 5.41) is 0.633. The Labute approximate surface area is 130 Å². The normalized spacial score (nSPS) is 12.2. The Balaban J connectivity index is 2.30. The summed E-state index contributed by atoms with van der Waals surface area (Å²) >= 11 is 9.13. The highest BCUT2D eigenvalue weighted by molar-refractivity contribution is 9.10. The Kier molecular flexibility index (Phi) is 5.02. The van der Waals surface area contributed by atoms with E-state index in [0.717, 1.165) is 5.56 Å². The predicted octanol–water partition coefficient (Wildman–Crippen LogP) is 4.92. The lowest BCUT2D eigenvalue weighted by atomic mass is 10.1. The molecule has 2 aromatic rings. The quantitative estimate of drug-likeness (QED) is 0.841. The summed E-state index contributed by atoms with van der Waals surface area (Å²) in [4.78, 5) is 0. The van der Waals surface area contributed by atoms with Crippen LogP contribution < -0.4 is 10.5 Å². The molecule has 2 N–H and O–H groups in total. The number of hydrogen-bond acceptors (Lipinski definition) is 2. The highest BCUT2D eigenvalue weighted by Gasteiger charge is 2.09. The summed E-state index contributed by atoms with van der Waals surface area (Å²) in [5.74, 6) is 0.890. The van der Waals surface area contributed by atoms with Crippen molar-refractivity contribution in [1.29, 1.82) is 0 Å². The molecule has 0 aliphatic heterocycles. The third-order valence-corrected chi connectivity index (χ3v) is 3.53. The zero-order valence-electron chi connectivity index (χ0n) is 10.9. The van der Waals surface area contributed by atoms with Crippen LogP contribution in [0.4, 0.5) is 4.39 Å². The van der Waals surface area contributed by atoms with Crippen molar-refractivity contribution in [2.24, 2.45) is 5.73 Å². The topological polar surface area (TPSA) is 35.2 Å². The van der Waals surface area contributed by atoms with Crippen molar-refractivity contribution in [3.8, 4) is 11.5 Å². The number of nitrogens with two attached hydrogens (primary N) is 1. The van der Waals surface area contributed by atoms with Crippen molar-refractivity contribution >= 4 is 27.5 Å². The first-order valence-corrected chi connectivity index (χ1v) is 7.29. The van der Waals surface area contributed by atoms with E-state index >= 15 is 0 Å². The van der Waals surface area contributed by atoms with Crippen LogP contribution in [0.1, 0.15) is 12.5 Å². The molecule has 0 radical (unpaired) electrons. The number of rotatable bonds is 4. The number of halogens is 3. The smallest absolute Gasteiger partial charge is 0.137 e. The molecule has 0 saturated heterocycles. The molecule has 1 atom stereocenters. The molecule has 0 amide bonds. The number of hydrogen-bond donors (Lipinski definition) is 1. The Bertz CT molecular complexity index is 619. The van der Waals surface area contributed by atoms with E-state index in [1.54, 1.807) is 24.3 Å². The molecule has 2 aromatic carbocycles. The first-order valence-electron chi connectivity index (χ1n) is 6.12. The maximum atomic E-state index is 13.2. The van der Waals surface area contributed by atoms with Crippen molar-refractivity contribution in [2.75, 3.05) is 0 Å². The maximum absolute atomic E-state index is 13.2. The van der Waals surface area contributed by atoms with Gasteiger partial charge in [-0.15, -0.1) is 0 Å². The fourth-order valence-corrected chi connectivity index (χ4v) is 2.37. The van der Waals surface area contributed by atoms with Gasteiger partial charge in [0.1, 0.15) is 17.3 Å². The molecule has 0 bridgehead atoms. The van der Waals surface area contributed by atoms with Gasteiger partial charge in [-0.2, -0.15) is 0 Å². The third kappa shape index (κ3) is 3.95. The van der Waals surface area contributed by atoms with E-state index in [9.17, 15) is 4.39 Å². The Morgan fingerprint density at radius 1 is 1.30 bits per heavy atom. The Morgan fingerprint density at radius 2 is 2.05 bits per heavy atom. The molecule has 106 valence electrons. The molecule has 20 heavy (non-hydrogen) atoms. The number of benzene rings is 2. The van der Waals surface area contributed by atoms with E-state index in [0.29, 0.717) is 27.4 Å². The Hall–Kier alpha value is -1.10. The van der Waals surface area contributed by atoms with Gasteiger partial charge in [0.2, 0.25) is 0 Å². The molecule has 0 spiro atoms. The fourth-order valence-electron chi connectivity index (χ4n) is 1.82. The van der Waals surface area contributed by atoms with Crippen LogP contribution in [0.3, 0.4) is 0 Å². The lowest BCUT2D eigenvalue weighted by Crippen LogP contribution is -2.18. The van der Waals surface area contributed by atoms with Gasteiger partial charge in [-0.1, -0.05) is 11.6 Å². The van der Waals surface area contributed by atoms with Crippen molar-refractivity contribution in [2.45, 2.75) is 19.4 Å². The summed E-state index contributed by atoms with van der Waals surface area (Å²) in [6.07, 6.45) is 0.651. The minimum Gasteiger partial charge on any atom is -0.457 e. The van der Waals surface area contributed by atoms with Gasteiger partial charge in [-0.3, -0.25) is 0 Å². The molecular formula is C15H14BrClFNO. The van der Waals surface area contributed by atoms with Crippen LogP contribution >= 0.6 is 27.5 Å². The molecule has 2 rings (SSSR count). The summed E-state index contributed by atoms with van der Waals surface area (Å²) in [7, 11) is 0. The van der Waals surface area contributed by atoms with Crippen LogP contribution in [-0.4, -0.2) is 6.04 Å². The monoisotopic (exact) mass is 357 g/mol. The highest BCUT2D eigenvalue weighted by atomic mass is 79.9. The van der Waals surface area contributed by atoms with Gasteiger partial charge < -0.3 is 10.5 Å². The average molecular weight is 359 g/mol. The summed E-state index contributed by atoms with van der Waals surface area (Å²) in [6, 6.07) is 9.87. The standard InChI is InChI=1S/C15H14BrClFNO/c1-9(19)6-10-7-11(17)2-5-15(10)20-12-3-4-14(18)13(16)8-12/h2-5,7-9H,6,19H2,1H3. The molecule has 5 heteroatoms. The van der Waals surface area contributed by atoms with E-state index in [-0.39, 0.29) is 11.9 Å². The largest absolute Gasteiger partial charge is 0.457 e. The van der Waals surface area contributed by atoms with Gasteiger partial charge in [0, 0.05) is 11.1 Å². The number of ether oxygens (including phenoxy) is 1. The van der Waals surface area contributed by atoms with Gasteiger partial charge in [0.15, 0.2) is 0 Å². The molecule has 1 unspecified atom stereocenters. The van der Waals surface area contributed by atoms with Gasteiger partial charge in [0.05, 0.1) is 4.47 Å². The molecule has 0 heterocycles. The second-order valence-corrected chi connectivity index (χ2v) is 5.90. The first-order chi connectivity index (χ1) is 9.45. The second kappa shape index (κ2) is 6.57. The first kappa shape index (κ1) is 15.3. The van der Waals surface area contributed by atoms with Crippen LogP contribution in [-0.2, 0) is 6.42 Å². The van der Waals surface area contributed by atoms with Gasteiger partial charge in [-0.05, 0) is 71.2 Å². The summed E-state index contributed by atoms with van der Waals surface area (Å²) < 4.78 is 19.4. The predicted molar refractivity (Wildman–Crippen MR) is 83.0 cm³/mol. The summed E-state index contributed by atoms with van der Waals surface area (Å²) in [6.45, 7) is 1.92. The van der Waals surface area contributed by atoms with Crippen LogP contribution in [0.25, 0.3) is 0 Å². The second-order valence-electron chi connectivity index (χ2n) is 4.61. The fraction of sp³-hybridized carbons (Fsp3) is 0.200. The molecule has 2 nitrogen and oxygen atoms in total. The van der Waals surface area contributed by atoms with Crippen molar-refractivity contribution < 1.29 is 9.13 Å². The zero-order chi connectivity index (χ0) is 14.7. The van der Waals surface area contributed by atoms with Crippen LogP contribution in [0, 0.1) is 5.82 Å². The van der Waals surface area contributed by atoms with Gasteiger partial charge in [-0.25, -0.2) is 4.39 Å². The molecule has 0 aliphatic carbocycles. The highest BCUT2D eigenvalue weighted by Crippen LogP contribution is 2.30. The lowest BCUT2D eigenvalue weighted by Gasteiger charge is -2.13. The van der Waals surface area contributed by atoms with E-state index < -0.39 is 0 Å². The maximum Gasteiger partial charge on any atom is 0.137 e. The molecule has 0 fully saturated rings. The molecular weight excluding hydrogens is 345 g/mol. The van der Waals surface area contributed by atoms with Crippen molar-refractivity contribution in [3.63, 3.8) is 0 Å². The van der Waals surface area contributed by atoms with E-state index in [1.807, 2.05) is 13.0 Å². The molecule has 0 aromatic heterocycles. The molecule has 0 saturated carbocycles. The van der Waals surface area contributed by atoms with Crippen molar-refractivity contribution in [1.82, 2.24) is 0 Å². The van der Waals surface area contributed by atoms with Crippen molar-refractivity contribution in [3.05, 3.63) is 57.3 Å². The average Bonchev–Trinajstić information content (AvgIpc) is 2.36. The minimum absolute atomic E-state index is 0.00392. The third-order valence-electron chi connectivity index (χ3n) is 2.68. The van der Waals surface area contributed by atoms with E-state index in [2.05, 4.69) is 15.9 Å². The van der Waals surface area contributed by atoms with E-state index in [1.165, 1.54) is 6.07 Å². The lowest BCUT2D eigenvalue weighted by molar-refractivity contribution is 0.471. The van der Waals surface area contributed by atoms with Crippen LogP contribution in [0.5, 0.6) is 11.5 Å².